The van der Waals surface area contributed by atoms with Gasteiger partial charge in [0, 0.05) is 11.4 Å². The Balaban J connectivity index is 2.23. The van der Waals surface area contributed by atoms with Gasteiger partial charge in [-0.25, -0.2) is 13.1 Å². The van der Waals surface area contributed by atoms with Gasteiger partial charge in [-0.2, -0.15) is 0 Å². The fourth-order valence-electron chi connectivity index (χ4n) is 1.82. The third-order valence-corrected chi connectivity index (χ3v) is 5.65. The number of hydrogen-bond acceptors (Lipinski definition) is 4. The molecular formula is C13H18N2O3S2. The van der Waals surface area contributed by atoms with Crippen molar-refractivity contribution in [2.24, 2.45) is 0 Å². The molecule has 1 aromatic rings. The van der Waals surface area contributed by atoms with Gasteiger partial charge >= 0.3 is 0 Å². The minimum Gasteiger partial charge on any atom is -0.324 e. The fraction of sp³-hybridized carbons (Fsp3) is 0.462. The second kappa shape index (κ2) is 6.15. The van der Waals surface area contributed by atoms with E-state index in [2.05, 4.69) is 10.0 Å². The van der Waals surface area contributed by atoms with Gasteiger partial charge in [-0.05, 0) is 31.5 Å². The lowest BCUT2D eigenvalue weighted by molar-refractivity contribution is -0.115. The molecule has 1 aliphatic rings. The van der Waals surface area contributed by atoms with E-state index in [0.29, 0.717) is 12.2 Å². The summed E-state index contributed by atoms with van der Waals surface area (Å²) in [5.41, 5.74) is 0.566. The van der Waals surface area contributed by atoms with Crippen molar-refractivity contribution in [3.8, 4) is 0 Å². The van der Waals surface area contributed by atoms with Gasteiger partial charge in [0.05, 0.1) is 15.8 Å². The van der Waals surface area contributed by atoms with Gasteiger partial charge in [0.2, 0.25) is 15.9 Å². The summed E-state index contributed by atoms with van der Waals surface area (Å²) in [5.74, 6) is -0.101. The third kappa shape index (κ3) is 3.34. The standard InChI is InChI=1S/C13H18N2O3S2/c1-3-4-7-14-20(17,18)10-5-6-12-11(8-10)15-13(16)9(2)19-12/h5-6,8-9,14H,3-4,7H2,1-2H3,(H,15,16). The minimum absolute atomic E-state index is 0.101. The van der Waals surface area contributed by atoms with Gasteiger partial charge in [0.25, 0.3) is 0 Å². The number of sulfonamides is 1. The molecule has 0 aliphatic carbocycles. The Morgan fingerprint density at radius 2 is 2.15 bits per heavy atom. The number of thioether (sulfide) groups is 1. The summed E-state index contributed by atoms with van der Waals surface area (Å²) in [6.07, 6.45) is 1.73. The van der Waals surface area contributed by atoms with Crippen LogP contribution in [0.15, 0.2) is 28.0 Å². The normalized spacial score (nSPS) is 18.5. The monoisotopic (exact) mass is 314 g/mol. The molecule has 1 unspecified atom stereocenters. The second-order valence-corrected chi connectivity index (χ2v) is 7.81. The molecule has 0 saturated heterocycles. The first-order valence-electron chi connectivity index (χ1n) is 6.55. The van der Waals surface area contributed by atoms with Crippen molar-refractivity contribution in [2.75, 3.05) is 11.9 Å². The second-order valence-electron chi connectivity index (χ2n) is 4.66. The molecule has 110 valence electrons. The van der Waals surface area contributed by atoms with E-state index in [1.807, 2.05) is 13.8 Å². The van der Waals surface area contributed by atoms with Crippen LogP contribution in [-0.2, 0) is 14.8 Å². The van der Waals surface area contributed by atoms with Crippen molar-refractivity contribution in [1.29, 1.82) is 0 Å². The highest BCUT2D eigenvalue weighted by molar-refractivity contribution is 8.01. The molecule has 0 saturated carbocycles. The number of anilines is 1. The van der Waals surface area contributed by atoms with Gasteiger partial charge in [0.15, 0.2) is 0 Å². The Hall–Kier alpha value is -1.05. The van der Waals surface area contributed by atoms with E-state index in [1.54, 1.807) is 12.1 Å². The highest BCUT2D eigenvalue weighted by Crippen LogP contribution is 2.36. The number of carbonyl (C=O) groups is 1. The van der Waals surface area contributed by atoms with Crippen molar-refractivity contribution in [3.63, 3.8) is 0 Å². The van der Waals surface area contributed by atoms with Crippen molar-refractivity contribution >= 4 is 33.4 Å². The first-order valence-corrected chi connectivity index (χ1v) is 8.91. The quantitative estimate of drug-likeness (QED) is 0.817. The Bertz CT molecular complexity index is 614. The van der Waals surface area contributed by atoms with Gasteiger partial charge in [-0.1, -0.05) is 13.3 Å². The molecule has 7 heteroatoms. The molecule has 0 aromatic heterocycles. The van der Waals surface area contributed by atoms with Crippen LogP contribution in [0.4, 0.5) is 5.69 Å². The summed E-state index contributed by atoms with van der Waals surface area (Å²) < 4.78 is 26.8. The highest BCUT2D eigenvalue weighted by Gasteiger charge is 2.24. The van der Waals surface area contributed by atoms with Crippen LogP contribution in [0.2, 0.25) is 0 Å². The van der Waals surface area contributed by atoms with Gasteiger partial charge < -0.3 is 5.32 Å². The zero-order valence-corrected chi connectivity index (χ0v) is 13.1. The van der Waals surface area contributed by atoms with E-state index in [4.69, 9.17) is 0 Å². The van der Waals surface area contributed by atoms with E-state index in [-0.39, 0.29) is 16.1 Å². The topological polar surface area (TPSA) is 75.3 Å². The smallest absolute Gasteiger partial charge is 0.240 e. The number of benzene rings is 1. The van der Waals surface area contributed by atoms with E-state index < -0.39 is 10.0 Å². The molecule has 20 heavy (non-hydrogen) atoms. The average molecular weight is 314 g/mol. The van der Waals surface area contributed by atoms with Crippen molar-refractivity contribution in [3.05, 3.63) is 18.2 Å². The summed E-state index contributed by atoms with van der Waals surface area (Å²) in [7, 11) is -3.51. The maximum atomic E-state index is 12.1. The van der Waals surface area contributed by atoms with E-state index in [1.165, 1.54) is 17.8 Å². The molecule has 0 spiro atoms. The first kappa shape index (κ1) is 15.3. The summed E-state index contributed by atoms with van der Waals surface area (Å²) in [5, 5.41) is 2.58. The van der Waals surface area contributed by atoms with E-state index in [9.17, 15) is 13.2 Å². The van der Waals surface area contributed by atoms with Gasteiger partial charge in [-0.15, -0.1) is 11.8 Å². The fourth-order valence-corrected chi connectivity index (χ4v) is 3.85. The van der Waals surface area contributed by atoms with Crippen LogP contribution in [0.5, 0.6) is 0 Å². The highest BCUT2D eigenvalue weighted by atomic mass is 32.2. The van der Waals surface area contributed by atoms with Crippen LogP contribution in [0, 0.1) is 0 Å². The molecule has 0 bridgehead atoms. The maximum Gasteiger partial charge on any atom is 0.240 e. The van der Waals surface area contributed by atoms with Crippen molar-refractivity contribution in [1.82, 2.24) is 4.72 Å². The van der Waals surface area contributed by atoms with Crippen molar-refractivity contribution in [2.45, 2.75) is 41.7 Å². The zero-order valence-electron chi connectivity index (χ0n) is 11.5. The largest absolute Gasteiger partial charge is 0.324 e. The number of rotatable bonds is 5. The number of hydrogen-bond donors (Lipinski definition) is 2. The minimum atomic E-state index is -3.51. The molecule has 1 aliphatic heterocycles. The number of amides is 1. The van der Waals surface area contributed by atoms with Gasteiger partial charge in [0.1, 0.15) is 0 Å². The van der Waals surface area contributed by atoms with Crippen LogP contribution >= 0.6 is 11.8 Å². The Morgan fingerprint density at radius 1 is 1.40 bits per heavy atom. The molecule has 2 N–H and O–H groups in total. The van der Waals surface area contributed by atoms with Crippen LogP contribution < -0.4 is 10.0 Å². The van der Waals surface area contributed by atoms with Crippen LogP contribution in [0.3, 0.4) is 0 Å². The predicted octanol–water partition coefficient (Wildman–Crippen LogP) is 2.20. The van der Waals surface area contributed by atoms with Gasteiger partial charge in [-0.3, -0.25) is 4.79 Å². The number of carbonyl (C=O) groups excluding carboxylic acids is 1. The lowest BCUT2D eigenvalue weighted by atomic mass is 10.3. The van der Waals surface area contributed by atoms with Crippen LogP contribution in [0.25, 0.3) is 0 Å². The lowest BCUT2D eigenvalue weighted by Crippen LogP contribution is -2.28. The molecule has 5 nitrogen and oxygen atoms in total. The number of nitrogens with one attached hydrogen (secondary N) is 2. The van der Waals surface area contributed by atoms with E-state index in [0.717, 1.165) is 17.7 Å². The molecule has 1 atom stereocenters. The molecule has 1 amide bonds. The maximum absolute atomic E-state index is 12.1. The SMILES string of the molecule is CCCCNS(=O)(=O)c1ccc2c(c1)NC(=O)C(C)S2. The summed E-state index contributed by atoms with van der Waals surface area (Å²) >= 11 is 1.43. The lowest BCUT2D eigenvalue weighted by Gasteiger charge is -2.21. The van der Waals surface area contributed by atoms with E-state index >= 15 is 0 Å². The average Bonchev–Trinajstić information content (AvgIpc) is 2.39. The molecule has 1 heterocycles. The number of unbranched alkanes of at least 4 members (excludes halogenated alkanes) is 1. The zero-order chi connectivity index (χ0) is 14.8. The number of fused-ring (bicyclic) bond motifs is 1. The van der Waals surface area contributed by atoms with Crippen molar-refractivity contribution < 1.29 is 13.2 Å². The van der Waals surface area contributed by atoms with Crippen LogP contribution in [0.1, 0.15) is 26.7 Å². The molecule has 1 aromatic carbocycles. The molecule has 0 radical (unpaired) electrons. The first-order chi connectivity index (χ1) is 9.44. The Labute approximate surface area is 123 Å². The molecule has 2 rings (SSSR count). The summed E-state index contributed by atoms with van der Waals surface area (Å²) in [4.78, 5) is 12.7. The molecule has 0 fully saturated rings. The summed E-state index contributed by atoms with van der Waals surface area (Å²) in [6, 6.07) is 4.83. The predicted molar refractivity (Wildman–Crippen MR) is 80.5 cm³/mol. The molecular weight excluding hydrogens is 296 g/mol. The van der Waals surface area contributed by atoms with Crippen LogP contribution in [-0.4, -0.2) is 26.1 Å². The Morgan fingerprint density at radius 3 is 2.85 bits per heavy atom. The third-order valence-electron chi connectivity index (χ3n) is 3.01. The Kier molecular flexibility index (Phi) is 4.72. The summed E-state index contributed by atoms with van der Waals surface area (Å²) in [6.45, 7) is 4.25.